The first kappa shape index (κ1) is 16.5. The molecule has 122 valence electrons. The molecule has 2 aromatic carbocycles. The van der Waals surface area contributed by atoms with Crippen molar-refractivity contribution in [2.45, 2.75) is 30.5 Å². The van der Waals surface area contributed by atoms with Crippen LogP contribution >= 0.6 is 11.8 Å². The van der Waals surface area contributed by atoms with Crippen LogP contribution in [0.4, 0.5) is 5.69 Å². The second-order valence-corrected chi connectivity index (χ2v) is 6.88. The van der Waals surface area contributed by atoms with Gasteiger partial charge in [0.05, 0.1) is 15.8 Å². The van der Waals surface area contributed by atoms with Crippen molar-refractivity contribution in [3.63, 3.8) is 0 Å². The molecule has 0 aliphatic heterocycles. The van der Waals surface area contributed by atoms with Gasteiger partial charge in [0.1, 0.15) is 0 Å². The molecule has 0 bridgehead atoms. The van der Waals surface area contributed by atoms with Crippen LogP contribution < -0.4 is 5.32 Å². The van der Waals surface area contributed by atoms with Gasteiger partial charge in [-0.2, -0.15) is 0 Å². The number of hydrogen-bond acceptors (Lipinski definition) is 3. The van der Waals surface area contributed by atoms with Gasteiger partial charge in [0.15, 0.2) is 0 Å². The fraction of sp³-hybridized carbons (Fsp3) is 0.200. The molecule has 0 spiro atoms. The third-order valence-corrected chi connectivity index (χ3v) is 5.20. The number of anilines is 1. The van der Waals surface area contributed by atoms with Crippen LogP contribution in [0.1, 0.15) is 18.9 Å². The zero-order valence-electron chi connectivity index (χ0n) is 13.8. The van der Waals surface area contributed by atoms with Gasteiger partial charge in [-0.3, -0.25) is 4.79 Å². The predicted molar refractivity (Wildman–Crippen MR) is 101 cm³/mol. The van der Waals surface area contributed by atoms with Crippen molar-refractivity contribution >= 4 is 34.3 Å². The van der Waals surface area contributed by atoms with Crippen LogP contribution in [0.2, 0.25) is 0 Å². The molecule has 24 heavy (non-hydrogen) atoms. The van der Waals surface area contributed by atoms with Gasteiger partial charge < -0.3 is 5.32 Å². The number of nitrogens with one attached hydrogen (secondary N) is 1. The number of para-hydroxylation sites is 2. The van der Waals surface area contributed by atoms with E-state index in [1.165, 1.54) is 11.8 Å². The van der Waals surface area contributed by atoms with Crippen LogP contribution in [0.3, 0.4) is 0 Å². The molecule has 3 aromatic rings. The number of hydrogen-bond donors (Lipinski definition) is 1. The van der Waals surface area contributed by atoms with E-state index in [2.05, 4.69) is 16.4 Å². The van der Waals surface area contributed by atoms with Gasteiger partial charge in [-0.1, -0.05) is 61.2 Å². The smallest absolute Gasteiger partial charge is 0.237 e. The third-order valence-electron chi connectivity index (χ3n) is 3.90. The van der Waals surface area contributed by atoms with Crippen molar-refractivity contribution in [2.75, 3.05) is 5.32 Å². The number of pyridine rings is 1. The lowest BCUT2D eigenvalue weighted by atomic mass is 10.2. The number of nitrogens with zero attached hydrogens (tertiary/aromatic N) is 1. The number of aryl methyl sites for hydroxylation is 1. The van der Waals surface area contributed by atoms with Crippen LogP contribution in [-0.4, -0.2) is 16.1 Å². The summed E-state index contributed by atoms with van der Waals surface area (Å²) in [6.07, 6.45) is 0.747. The molecular formula is C20H20N2OS. The second-order valence-electron chi connectivity index (χ2n) is 5.66. The Morgan fingerprint density at radius 2 is 1.83 bits per heavy atom. The van der Waals surface area contributed by atoms with E-state index in [0.29, 0.717) is 0 Å². The Morgan fingerprint density at radius 3 is 2.62 bits per heavy atom. The van der Waals surface area contributed by atoms with Crippen molar-refractivity contribution in [1.82, 2.24) is 4.98 Å². The summed E-state index contributed by atoms with van der Waals surface area (Å²) >= 11 is 1.51. The highest BCUT2D eigenvalue weighted by molar-refractivity contribution is 8.00. The molecule has 0 aliphatic rings. The van der Waals surface area contributed by atoms with Crippen LogP contribution in [-0.2, 0) is 4.79 Å². The average Bonchev–Trinajstić information content (AvgIpc) is 2.61. The van der Waals surface area contributed by atoms with Gasteiger partial charge in [0.25, 0.3) is 0 Å². The lowest BCUT2D eigenvalue weighted by molar-refractivity contribution is -0.115. The SMILES string of the molecule is CCC(Sc1ccc2ccccc2n1)C(=O)Nc1ccccc1C. The van der Waals surface area contributed by atoms with Crippen LogP contribution in [0.15, 0.2) is 65.7 Å². The Kier molecular flexibility index (Phi) is 5.16. The topological polar surface area (TPSA) is 42.0 Å². The first-order chi connectivity index (χ1) is 11.7. The molecule has 1 atom stereocenters. The number of amides is 1. The molecule has 3 nitrogen and oxygen atoms in total. The average molecular weight is 336 g/mol. The molecule has 3 rings (SSSR count). The Bertz CT molecular complexity index is 863. The number of aromatic nitrogens is 1. The summed E-state index contributed by atoms with van der Waals surface area (Å²) in [5.41, 5.74) is 2.89. The monoisotopic (exact) mass is 336 g/mol. The van der Waals surface area contributed by atoms with Crippen LogP contribution in [0.25, 0.3) is 10.9 Å². The molecule has 0 saturated carbocycles. The van der Waals surface area contributed by atoms with Crippen molar-refractivity contribution in [1.29, 1.82) is 0 Å². The fourth-order valence-corrected chi connectivity index (χ4v) is 3.43. The standard InChI is InChI=1S/C20H20N2OS/c1-3-18(20(23)22-16-10-6-4-8-14(16)2)24-19-13-12-15-9-5-7-11-17(15)21-19/h4-13,18H,3H2,1-2H3,(H,22,23). The summed E-state index contributed by atoms with van der Waals surface area (Å²) in [7, 11) is 0. The minimum Gasteiger partial charge on any atom is -0.325 e. The molecule has 0 saturated heterocycles. The normalized spacial score (nSPS) is 12.1. The Hall–Kier alpha value is -2.33. The highest BCUT2D eigenvalue weighted by atomic mass is 32.2. The molecule has 1 aromatic heterocycles. The molecule has 4 heteroatoms. The number of rotatable bonds is 5. The van der Waals surface area contributed by atoms with E-state index in [9.17, 15) is 4.79 Å². The van der Waals surface area contributed by atoms with Gasteiger partial charge >= 0.3 is 0 Å². The Labute approximate surface area is 146 Å². The van der Waals surface area contributed by atoms with Gasteiger partial charge in [-0.05, 0) is 37.1 Å². The second kappa shape index (κ2) is 7.49. The van der Waals surface area contributed by atoms with Crippen molar-refractivity contribution < 1.29 is 4.79 Å². The van der Waals surface area contributed by atoms with E-state index >= 15 is 0 Å². The van der Waals surface area contributed by atoms with Crippen molar-refractivity contribution in [2.24, 2.45) is 0 Å². The van der Waals surface area contributed by atoms with E-state index in [1.54, 1.807) is 0 Å². The molecular weight excluding hydrogens is 316 g/mol. The zero-order chi connectivity index (χ0) is 16.9. The maximum atomic E-state index is 12.6. The van der Waals surface area contributed by atoms with Crippen LogP contribution in [0.5, 0.6) is 0 Å². The highest BCUT2D eigenvalue weighted by Crippen LogP contribution is 2.27. The molecule has 0 aliphatic carbocycles. The van der Waals surface area contributed by atoms with Crippen molar-refractivity contribution in [3.8, 4) is 0 Å². The molecule has 0 radical (unpaired) electrons. The number of fused-ring (bicyclic) bond motifs is 1. The number of benzene rings is 2. The summed E-state index contributed by atoms with van der Waals surface area (Å²) in [4.78, 5) is 17.3. The summed E-state index contributed by atoms with van der Waals surface area (Å²) in [5.74, 6) is 0.0201. The molecule has 1 unspecified atom stereocenters. The van der Waals surface area contributed by atoms with Gasteiger partial charge in [-0.15, -0.1) is 0 Å². The van der Waals surface area contributed by atoms with Gasteiger partial charge in [-0.25, -0.2) is 4.98 Å². The maximum Gasteiger partial charge on any atom is 0.237 e. The molecule has 1 amide bonds. The molecule has 0 fully saturated rings. The van der Waals surface area contributed by atoms with E-state index in [1.807, 2.05) is 68.4 Å². The van der Waals surface area contributed by atoms with E-state index < -0.39 is 0 Å². The fourth-order valence-electron chi connectivity index (χ4n) is 2.51. The van der Waals surface area contributed by atoms with E-state index in [0.717, 1.165) is 33.6 Å². The Balaban J connectivity index is 1.75. The van der Waals surface area contributed by atoms with Crippen LogP contribution in [0, 0.1) is 6.92 Å². The number of thioether (sulfide) groups is 1. The summed E-state index contributed by atoms with van der Waals surface area (Å²) in [6.45, 7) is 4.02. The van der Waals surface area contributed by atoms with E-state index in [4.69, 9.17) is 0 Å². The van der Waals surface area contributed by atoms with Gasteiger partial charge in [0.2, 0.25) is 5.91 Å². The summed E-state index contributed by atoms with van der Waals surface area (Å²) in [5, 5.41) is 4.85. The summed E-state index contributed by atoms with van der Waals surface area (Å²) < 4.78 is 0. The summed E-state index contributed by atoms with van der Waals surface area (Å²) in [6, 6.07) is 19.9. The molecule has 1 heterocycles. The first-order valence-electron chi connectivity index (χ1n) is 8.06. The number of carbonyl (C=O) groups is 1. The third kappa shape index (κ3) is 3.77. The minimum atomic E-state index is -0.168. The molecule has 1 N–H and O–H groups in total. The first-order valence-corrected chi connectivity index (χ1v) is 8.94. The quantitative estimate of drug-likeness (QED) is 0.663. The lowest BCUT2D eigenvalue weighted by Gasteiger charge is -2.15. The van der Waals surface area contributed by atoms with Gasteiger partial charge in [0, 0.05) is 11.1 Å². The number of carbonyl (C=O) groups excluding carboxylic acids is 1. The largest absolute Gasteiger partial charge is 0.325 e. The van der Waals surface area contributed by atoms with E-state index in [-0.39, 0.29) is 11.2 Å². The minimum absolute atomic E-state index is 0.0201. The maximum absolute atomic E-state index is 12.6. The predicted octanol–water partition coefficient (Wildman–Crippen LogP) is 5.05. The Morgan fingerprint density at radius 1 is 1.08 bits per heavy atom. The zero-order valence-corrected chi connectivity index (χ0v) is 14.6. The van der Waals surface area contributed by atoms with Crippen molar-refractivity contribution in [3.05, 3.63) is 66.2 Å². The lowest BCUT2D eigenvalue weighted by Crippen LogP contribution is -2.25. The highest BCUT2D eigenvalue weighted by Gasteiger charge is 2.19.